The van der Waals surface area contributed by atoms with Crippen LogP contribution in [-0.2, 0) is 0 Å². The van der Waals surface area contributed by atoms with Crippen LogP contribution < -0.4 is 5.73 Å². The number of allylic oxidation sites excluding steroid dienone is 3. The number of rotatable bonds is 2. The molecule has 0 saturated carbocycles. The van der Waals surface area contributed by atoms with Crippen molar-refractivity contribution in [1.29, 1.82) is 0 Å². The molecule has 0 radical (unpaired) electrons. The van der Waals surface area contributed by atoms with Crippen LogP contribution in [0.2, 0.25) is 0 Å². The summed E-state index contributed by atoms with van der Waals surface area (Å²) in [5, 5.41) is 0. The molecule has 0 aromatic rings. The molecule has 52 valence electrons. The lowest BCUT2D eigenvalue weighted by Gasteiger charge is -1.91. The van der Waals surface area contributed by atoms with Crippen molar-refractivity contribution < 1.29 is 0 Å². The number of hydrogen-bond acceptors (Lipinski definition) is 1. The van der Waals surface area contributed by atoms with Crippen LogP contribution in [0, 0.1) is 0 Å². The molecule has 0 amide bonds. The van der Waals surface area contributed by atoms with Gasteiger partial charge in [0, 0.05) is 5.70 Å². The largest absolute Gasteiger partial charge is 0.399 e. The zero-order chi connectivity index (χ0) is 7.28. The maximum absolute atomic E-state index is 5.57. The first-order chi connectivity index (χ1) is 4.16. The predicted octanol–water partition coefficient (Wildman–Crippen LogP) is 2.21. The molecular weight excluding hydrogens is 110 g/mol. The monoisotopic (exact) mass is 125 g/mol. The molecule has 0 unspecified atom stereocenters. The minimum absolute atomic E-state index is 0.873. The van der Waals surface area contributed by atoms with E-state index in [4.69, 9.17) is 5.73 Å². The van der Waals surface area contributed by atoms with Gasteiger partial charge in [-0.1, -0.05) is 18.6 Å². The van der Waals surface area contributed by atoms with E-state index in [2.05, 4.69) is 6.92 Å². The Morgan fingerprint density at radius 2 is 2.00 bits per heavy atom. The highest BCUT2D eigenvalue weighted by molar-refractivity contribution is 5.17. The second kappa shape index (κ2) is 4.19. The maximum atomic E-state index is 5.57. The van der Waals surface area contributed by atoms with Gasteiger partial charge in [-0.3, -0.25) is 0 Å². The zero-order valence-corrected chi connectivity index (χ0v) is 6.44. The minimum atomic E-state index is 0.873. The number of hydrogen-bond donors (Lipinski definition) is 1. The molecule has 1 nitrogen and oxygen atoms in total. The Balaban J connectivity index is 3.90. The quantitative estimate of drug-likeness (QED) is 0.562. The van der Waals surface area contributed by atoms with Crippen LogP contribution in [0.5, 0.6) is 0 Å². The van der Waals surface area contributed by atoms with Gasteiger partial charge in [0.15, 0.2) is 0 Å². The topological polar surface area (TPSA) is 26.0 Å². The summed E-state index contributed by atoms with van der Waals surface area (Å²) in [5.74, 6) is 0. The van der Waals surface area contributed by atoms with E-state index in [1.165, 1.54) is 5.57 Å². The van der Waals surface area contributed by atoms with Gasteiger partial charge in [-0.05, 0) is 26.3 Å². The Morgan fingerprint density at radius 3 is 2.33 bits per heavy atom. The van der Waals surface area contributed by atoms with Crippen molar-refractivity contribution in [3.8, 4) is 0 Å². The van der Waals surface area contributed by atoms with Gasteiger partial charge < -0.3 is 5.73 Å². The fraction of sp³-hybridized carbons (Fsp3) is 0.500. The molecule has 2 N–H and O–H groups in total. The van der Waals surface area contributed by atoms with Crippen LogP contribution in [0.1, 0.15) is 27.2 Å². The summed E-state index contributed by atoms with van der Waals surface area (Å²) in [6.45, 7) is 6.15. The van der Waals surface area contributed by atoms with E-state index in [1.807, 2.05) is 26.0 Å². The van der Waals surface area contributed by atoms with E-state index in [9.17, 15) is 0 Å². The van der Waals surface area contributed by atoms with Crippen LogP contribution in [0.15, 0.2) is 23.4 Å². The molecule has 0 spiro atoms. The summed E-state index contributed by atoms with van der Waals surface area (Å²) in [7, 11) is 0. The van der Waals surface area contributed by atoms with Crippen LogP contribution >= 0.6 is 0 Å². The molecule has 0 heterocycles. The molecule has 0 aliphatic rings. The SMILES string of the molecule is CC/C=C(/N)C=C(C)C. The van der Waals surface area contributed by atoms with Gasteiger partial charge in [0.25, 0.3) is 0 Å². The molecule has 9 heavy (non-hydrogen) atoms. The lowest BCUT2D eigenvalue weighted by Crippen LogP contribution is -1.92. The highest BCUT2D eigenvalue weighted by Crippen LogP contribution is 1.95. The fourth-order valence-electron chi connectivity index (χ4n) is 0.628. The van der Waals surface area contributed by atoms with E-state index >= 15 is 0 Å². The minimum Gasteiger partial charge on any atom is -0.399 e. The van der Waals surface area contributed by atoms with Gasteiger partial charge >= 0.3 is 0 Å². The van der Waals surface area contributed by atoms with Gasteiger partial charge in [-0.15, -0.1) is 0 Å². The summed E-state index contributed by atoms with van der Waals surface area (Å²) >= 11 is 0. The van der Waals surface area contributed by atoms with Gasteiger partial charge in [0.2, 0.25) is 0 Å². The van der Waals surface area contributed by atoms with E-state index < -0.39 is 0 Å². The van der Waals surface area contributed by atoms with Crippen molar-refractivity contribution >= 4 is 0 Å². The molecular formula is C8H15N. The first-order valence-corrected chi connectivity index (χ1v) is 3.27. The predicted molar refractivity (Wildman–Crippen MR) is 42.0 cm³/mol. The fourth-order valence-corrected chi connectivity index (χ4v) is 0.628. The first-order valence-electron chi connectivity index (χ1n) is 3.27. The summed E-state index contributed by atoms with van der Waals surface area (Å²) in [5.41, 5.74) is 7.69. The number of nitrogens with two attached hydrogens (primary N) is 1. The van der Waals surface area contributed by atoms with E-state index in [0.29, 0.717) is 0 Å². The highest BCUT2D eigenvalue weighted by atomic mass is 14.5. The average Bonchev–Trinajstić information content (AvgIpc) is 1.63. The molecule has 0 aliphatic heterocycles. The van der Waals surface area contributed by atoms with E-state index in [1.54, 1.807) is 0 Å². The molecule has 0 fully saturated rings. The first kappa shape index (κ1) is 8.28. The van der Waals surface area contributed by atoms with Crippen molar-refractivity contribution in [3.63, 3.8) is 0 Å². The highest BCUT2D eigenvalue weighted by Gasteiger charge is 1.80. The van der Waals surface area contributed by atoms with Crippen LogP contribution in [0.3, 0.4) is 0 Å². The molecule has 0 aliphatic carbocycles. The summed E-state index contributed by atoms with van der Waals surface area (Å²) in [4.78, 5) is 0. The van der Waals surface area contributed by atoms with Gasteiger partial charge in [0.05, 0.1) is 0 Å². The van der Waals surface area contributed by atoms with Gasteiger partial charge in [-0.2, -0.15) is 0 Å². The standard InChI is InChI=1S/C8H15N/c1-4-5-8(9)6-7(2)3/h5-6H,4,9H2,1-3H3/b8-5+. The summed E-state index contributed by atoms with van der Waals surface area (Å²) in [6.07, 6.45) is 4.99. The van der Waals surface area contributed by atoms with Crippen molar-refractivity contribution in [1.82, 2.24) is 0 Å². The second-order valence-corrected chi connectivity index (χ2v) is 2.33. The smallest absolute Gasteiger partial charge is 0.0272 e. The van der Waals surface area contributed by atoms with Crippen molar-refractivity contribution in [2.24, 2.45) is 5.73 Å². The van der Waals surface area contributed by atoms with Crippen molar-refractivity contribution in [3.05, 3.63) is 23.4 Å². The molecule has 0 atom stereocenters. The van der Waals surface area contributed by atoms with Crippen molar-refractivity contribution in [2.45, 2.75) is 27.2 Å². The van der Waals surface area contributed by atoms with Gasteiger partial charge in [-0.25, -0.2) is 0 Å². The third-order valence-electron chi connectivity index (χ3n) is 0.895. The molecule has 0 saturated heterocycles. The average molecular weight is 125 g/mol. The van der Waals surface area contributed by atoms with Crippen molar-refractivity contribution in [2.75, 3.05) is 0 Å². The van der Waals surface area contributed by atoms with Crippen LogP contribution in [0.4, 0.5) is 0 Å². The summed E-state index contributed by atoms with van der Waals surface area (Å²) < 4.78 is 0. The Bertz CT molecular complexity index is 128. The Hall–Kier alpha value is -0.720. The lowest BCUT2D eigenvalue weighted by atomic mass is 10.2. The Morgan fingerprint density at radius 1 is 1.44 bits per heavy atom. The summed E-state index contributed by atoms with van der Waals surface area (Å²) in [6, 6.07) is 0. The normalized spacial score (nSPS) is 11.2. The van der Waals surface area contributed by atoms with E-state index in [-0.39, 0.29) is 0 Å². The van der Waals surface area contributed by atoms with E-state index in [0.717, 1.165) is 12.1 Å². The Labute approximate surface area is 57.3 Å². The second-order valence-electron chi connectivity index (χ2n) is 2.33. The van der Waals surface area contributed by atoms with Crippen LogP contribution in [-0.4, -0.2) is 0 Å². The lowest BCUT2D eigenvalue weighted by molar-refractivity contribution is 1.18. The molecule has 0 bridgehead atoms. The van der Waals surface area contributed by atoms with Gasteiger partial charge in [0.1, 0.15) is 0 Å². The Kier molecular flexibility index (Phi) is 3.85. The maximum Gasteiger partial charge on any atom is 0.0272 e. The zero-order valence-electron chi connectivity index (χ0n) is 6.44. The molecule has 0 aromatic carbocycles. The molecule has 1 heteroatoms. The molecule has 0 rings (SSSR count). The van der Waals surface area contributed by atoms with Crippen LogP contribution in [0.25, 0.3) is 0 Å². The third kappa shape index (κ3) is 5.15. The third-order valence-corrected chi connectivity index (χ3v) is 0.895. The molecule has 0 aromatic heterocycles.